The molecule has 0 spiro atoms. The van der Waals surface area contributed by atoms with Crippen molar-refractivity contribution < 1.29 is 14.3 Å². The fourth-order valence-corrected chi connectivity index (χ4v) is 2.09. The zero-order valence-electron chi connectivity index (χ0n) is 13.7. The largest absolute Gasteiger partial charge is 0.480 e. The number of benzene rings is 1. The molecule has 0 fully saturated rings. The number of esters is 1. The van der Waals surface area contributed by atoms with Crippen LogP contribution in [0, 0.1) is 0 Å². The lowest BCUT2D eigenvalue weighted by Crippen LogP contribution is -2.15. The van der Waals surface area contributed by atoms with Gasteiger partial charge in [-0.2, -0.15) is 0 Å². The summed E-state index contributed by atoms with van der Waals surface area (Å²) in [5.74, 6) is -0.0843. The summed E-state index contributed by atoms with van der Waals surface area (Å²) in [6, 6.07) is 5.00. The molecule has 3 nitrogen and oxygen atoms in total. The topological polar surface area (TPSA) is 35.5 Å². The first kappa shape index (κ1) is 19.6. The standard InChI is InChI=1S/C18H22Cl2O3/c1-13(2)6-4-7-14(3)10-11-22-17(21)12-23-16-9-5-8-15(19)18(16)20/h5-6,8-10H,4,7,11-12H2,1-3H3/b14-10+. The van der Waals surface area contributed by atoms with Crippen LogP contribution in [0.5, 0.6) is 5.75 Å². The highest BCUT2D eigenvalue weighted by atomic mass is 35.5. The molecule has 0 unspecified atom stereocenters. The molecule has 0 aliphatic rings. The van der Waals surface area contributed by atoms with Gasteiger partial charge in [0.15, 0.2) is 6.61 Å². The Bertz CT molecular complexity index is 588. The molecule has 0 bridgehead atoms. The van der Waals surface area contributed by atoms with Gasteiger partial charge >= 0.3 is 5.97 Å². The third-order valence-corrected chi connectivity index (χ3v) is 3.83. The van der Waals surface area contributed by atoms with Crippen LogP contribution in [-0.4, -0.2) is 19.2 Å². The van der Waals surface area contributed by atoms with E-state index in [1.54, 1.807) is 18.2 Å². The second-order valence-corrected chi connectivity index (χ2v) is 6.18. The Morgan fingerprint density at radius 1 is 1.17 bits per heavy atom. The van der Waals surface area contributed by atoms with E-state index in [2.05, 4.69) is 19.9 Å². The zero-order chi connectivity index (χ0) is 17.2. The number of hydrogen-bond donors (Lipinski definition) is 0. The molecule has 1 rings (SSSR count). The van der Waals surface area contributed by atoms with Crippen LogP contribution >= 0.6 is 23.2 Å². The fraction of sp³-hybridized carbons (Fsp3) is 0.389. The maximum Gasteiger partial charge on any atom is 0.344 e. The minimum Gasteiger partial charge on any atom is -0.480 e. The van der Waals surface area contributed by atoms with Crippen molar-refractivity contribution in [1.29, 1.82) is 0 Å². The zero-order valence-corrected chi connectivity index (χ0v) is 15.2. The Morgan fingerprint density at radius 2 is 1.91 bits per heavy atom. The molecule has 0 N–H and O–H groups in total. The highest BCUT2D eigenvalue weighted by Crippen LogP contribution is 2.31. The molecule has 0 amide bonds. The number of allylic oxidation sites excluding steroid dienone is 3. The Hall–Kier alpha value is -1.45. The molecule has 0 aliphatic heterocycles. The quantitative estimate of drug-likeness (QED) is 0.448. The molecule has 0 heterocycles. The molecular weight excluding hydrogens is 335 g/mol. The molecule has 23 heavy (non-hydrogen) atoms. The lowest BCUT2D eigenvalue weighted by atomic mass is 10.1. The van der Waals surface area contributed by atoms with Gasteiger partial charge in [0.2, 0.25) is 0 Å². The van der Waals surface area contributed by atoms with Gasteiger partial charge < -0.3 is 9.47 Å². The van der Waals surface area contributed by atoms with E-state index in [9.17, 15) is 4.79 Å². The van der Waals surface area contributed by atoms with Crippen LogP contribution in [0.3, 0.4) is 0 Å². The molecule has 0 radical (unpaired) electrons. The van der Waals surface area contributed by atoms with Crippen LogP contribution < -0.4 is 4.74 Å². The molecule has 0 saturated carbocycles. The fourth-order valence-electron chi connectivity index (χ4n) is 1.74. The van der Waals surface area contributed by atoms with Crippen molar-refractivity contribution in [2.45, 2.75) is 33.6 Å². The predicted molar refractivity (Wildman–Crippen MR) is 95.3 cm³/mol. The minimum atomic E-state index is -0.450. The maximum absolute atomic E-state index is 11.6. The van der Waals surface area contributed by atoms with Crippen LogP contribution in [0.25, 0.3) is 0 Å². The van der Waals surface area contributed by atoms with Crippen molar-refractivity contribution in [1.82, 2.24) is 0 Å². The number of carbonyl (C=O) groups excluding carboxylic acids is 1. The Morgan fingerprint density at radius 3 is 2.61 bits per heavy atom. The molecule has 0 atom stereocenters. The lowest BCUT2D eigenvalue weighted by molar-refractivity contribution is -0.144. The second kappa shape index (κ2) is 10.3. The van der Waals surface area contributed by atoms with Crippen molar-refractivity contribution >= 4 is 29.2 Å². The van der Waals surface area contributed by atoms with Crippen LogP contribution in [0.4, 0.5) is 0 Å². The Labute approximate surface area is 147 Å². The third kappa shape index (κ3) is 8.10. The van der Waals surface area contributed by atoms with Crippen molar-refractivity contribution in [3.05, 3.63) is 51.5 Å². The first-order chi connectivity index (χ1) is 10.9. The van der Waals surface area contributed by atoms with Gasteiger partial charge in [0.05, 0.1) is 5.02 Å². The van der Waals surface area contributed by atoms with Gasteiger partial charge in [-0.25, -0.2) is 4.79 Å². The van der Waals surface area contributed by atoms with Gasteiger partial charge in [-0.3, -0.25) is 0 Å². The van der Waals surface area contributed by atoms with Crippen molar-refractivity contribution in [2.24, 2.45) is 0 Å². The number of rotatable bonds is 8. The molecule has 1 aromatic rings. The third-order valence-electron chi connectivity index (χ3n) is 3.03. The number of ether oxygens (including phenoxy) is 2. The van der Waals surface area contributed by atoms with E-state index in [4.69, 9.17) is 32.7 Å². The van der Waals surface area contributed by atoms with Crippen LogP contribution in [0.15, 0.2) is 41.5 Å². The van der Waals surface area contributed by atoms with Gasteiger partial charge in [0.25, 0.3) is 0 Å². The van der Waals surface area contributed by atoms with Gasteiger partial charge in [-0.05, 0) is 51.8 Å². The summed E-state index contributed by atoms with van der Waals surface area (Å²) in [4.78, 5) is 11.6. The van der Waals surface area contributed by atoms with Gasteiger partial charge in [0, 0.05) is 0 Å². The highest BCUT2D eigenvalue weighted by Gasteiger charge is 2.08. The summed E-state index contributed by atoms with van der Waals surface area (Å²) in [7, 11) is 0. The van der Waals surface area contributed by atoms with Crippen molar-refractivity contribution in [3.8, 4) is 5.75 Å². The molecule has 0 saturated heterocycles. The maximum atomic E-state index is 11.6. The smallest absolute Gasteiger partial charge is 0.344 e. The lowest BCUT2D eigenvalue weighted by Gasteiger charge is -2.08. The van der Waals surface area contributed by atoms with E-state index in [-0.39, 0.29) is 18.2 Å². The SMILES string of the molecule is CC(C)=CCC/C(C)=C/COC(=O)COc1cccc(Cl)c1Cl. The average Bonchev–Trinajstić information content (AvgIpc) is 2.48. The normalized spacial score (nSPS) is 11.1. The van der Waals surface area contributed by atoms with Crippen molar-refractivity contribution in [3.63, 3.8) is 0 Å². The molecule has 0 aliphatic carbocycles. The van der Waals surface area contributed by atoms with Crippen LogP contribution in [-0.2, 0) is 9.53 Å². The van der Waals surface area contributed by atoms with E-state index in [1.165, 1.54) is 11.1 Å². The minimum absolute atomic E-state index is 0.204. The van der Waals surface area contributed by atoms with E-state index < -0.39 is 5.97 Å². The highest BCUT2D eigenvalue weighted by molar-refractivity contribution is 6.42. The summed E-state index contributed by atoms with van der Waals surface area (Å²) in [6.07, 6.45) is 6.04. The molecule has 126 valence electrons. The van der Waals surface area contributed by atoms with Crippen LogP contribution in [0.1, 0.15) is 33.6 Å². The van der Waals surface area contributed by atoms with Crippen molar-refractivity contribution in [2.75, 3.05) is 13.2 Å². The summed E-state index contributed by atoms with van der Waals surface area (Å²) < 4.78 is 10.4. The summed E-state index contributed by atoms with van der Waals surface area (Å²) in [5.41, 5.74) is 2.50. The van der Waals surface area contributed by atoms with Gasteiger partial charge in [0.1, 0.15) is 17.4 Å². The number of halogens is 2. The second-order valence-electron chi connectivity index (χ2n) is 5.39. The number of hydrogen-bond acceptors (Lipinski definition) is 3. The summed E-state index contributed by atoms with van der Waals surface area (Å²) in [5, 5.41) is 0.671. The Balaban J connectivity index is 2.31. The molecule has 0 aromatic heterocycles. The first-order valence-electron chi connectivity index (χ1n) is 7.41. The van der Waals surface area contributed by atoms with E-state index in [0.29, 0.717) is 10.8 Å². The van der Waals surface area contributed by atoms with Gasteiger partial charge in [-0.15, -0.1) is 0 Å². The Kier molecular flexibility index (Phi) is 8.82. The average molecular weight is 357 g/mol. The predicted octanol–water partition coefficient (Wildman–Crippen LogP) is 5.61. The monoisotopic (exact) mass is 356 g/mol. The van der Waals surface area contributed by atoms with E-state index >= 15 is 0 Å². The summed E-state index contributed by atoms with van der Waals surface area (Å²) in [6.45, 7) is 6.21. The first-order valence-corrected chi connectivity index (χ1v) is 8.17. The van der Waals surface area contributed by atoms with Crippen LogP contribution in [0.2, 0.25) is 10.0 Å². The summed E-state index contributed by atoms with van der Waals surface area (Å²) >= 11 is 11.8. The van der Waals surface area contributed by atoms with Gasteiger partial charge in [-0.1, -0.05) is 46.5 Å². The van der Waals surface area contributed by atoms with E-state index in [0.717, 1.165) is 12.8 Å². The molecular formula is C18H22Cl2O3. The number of carbonyl (C=O) groups is 1. The molecule has 5 heteroatoms. The molecule has 1 aromatic carbocycles. The van der Waals surface area contributed by atoms with E-state index in [1.807, 2.05) is 13.0 Å².